The van der Waals surface area contributed by atoms with Gasteiger partial charge >= 0.3 is 5.97 Å². The summed E-state index contributed by atoms with van der Waals surface area (Å²) in [6.45, 7) is 4.22. The molecule has 1 fully saturated rings. The Morgan fingerprint density at radius 3 is 2.62 bits per heavy atom. The lowest BCUT2D eigenvalue weighted by molar-refractivity contribution is -0.147. The summed E-state index contributed by atoms with van der Waals surface area (Å²) >= 11 is 0. The number of benzene rings is 1. The van der Waals surface area contributed by atoms with Crippen molar-refractivity contribution in [2.24, 2.45) is 0 Å². The average molecular weight is 330 g/mol. The van der Waals surface area contributed by atoms with E-state index in [0.29, 0.717) is 12.3 Å². The number of amides is 1. The van der Waals surface area contributed by atoms with Crippen LogP contribution < -0.4 is 0 Å². The van der Waals surface area contributed by atoms with Crippen molar-refractivity contribution in [1.82, 2.24) is 19.9 Å². The fraction of sp³-hybridized carbons (Fsp3) is 0.375. The third kappa shape index (κ3) is 2.88. The monoisotopic (exact) mass is 330 g/mol. The fourth-order valence-corrected chi connectivity index (χ4v) is 2.65. The summed E-state index contributed by atoms with van der Waals surface area (Å²) < 4.78 is 6.73. The van der Waals surface area contributed by atoms with E-state index in [4.69, 9.17) is 4.74 Å². The third-order valence-corrected chi connectivity index (χ3v) is 4.05. The Morgan fingerprint density at radius 2 is 1.96 bits per heavy atom. The first-order valence-electron chi connectivity index (χ1n) is 7.60. The molecule has 1 saturated heterocycles. The van der Waals surface area contributed by atoms with Crippen LogP contribution in [0.1, 0.15) is 21.7 Å². The molecule has 0 spiro atoms. The number of hydrogen-bond donors (Lipinski definition) is 1. The molecule has 1 atom stereocenters. The van der Waals surface area contributed by atoms with Crippen molar-refractivity contribution in [3.05, 3.63) is 41.2 Å². The molecule has 0 saturated carbocycles. The molecule has 2 heterocycles. The first-order valence-corrected chi connectivity index (χ1v) is 7.60. The quantitative estimate of drug-likeness (QED) is 0.894. The van der Waals surface area contributed by atoms with Gasteiger partial charge in [-0.1, -0.05) is 22.9 Å². The maximum absolute atomic E-state index is 12.7. The maximum atomic E-state index is 12.7. The van der Waals surface area contributed by atoms with Gasteiger partial charge in [0.1, 0.15) is 0 Å². The molecule has 1 aromatic heterocycles. The second kappa shape index (κ2) is 6.40. The maximum Gasteiger partial charge on any atom is 0.328 e. The summed E-state index contributed by atoms with van der Waals surface area (Å²) in [4.78, 5) is 25.3. The van der Waals surface area contributed by atoms with E-state index in [1.165, 1.54) is 4.90 Å². The number of aromatic nitrogens is 3. The highest BCUT2D eigenvalue weighted by Crippen LogP contribution is 2.17. The summed E-state index contributed by atoms with van der Waals surface area (Å²) in [5, 5.41) is 17.3. The molecule has 24 heavy (non-hydrogen) atoms. The summed E-state index contributed by atoms with van der Waals surface area (Å²) in [7, 11) is 0. The van der Waals surface area contributed by atoms with Crippen molar-refractivity contribution in [3.8, 4) is 5.69 Å². The van der Waals surface area contributed by atoms with Gasteiger partial charge in [0.2, 0.25) is 0 Å². The molecule has 1 aromatic carbocycles. The van der Waals surface area contributed by atoms with E-state index in [0.717, 1.165) is 11.3 Å². The molecule has 8 nitrogen and oxygen atoms in total. The Kier molecular flexibility index (Phi) is 4.30. The van der Waals surface area contributed by atoms with Gasteiger partial charge in [0.25, 0.3) is 5.91 Å². The van der Waals surface area contributed by atoms with Crippen LogP contribution in [0, 0.1) is 13.8 Å². The zero-order valence-electron chi connectivity index (χ0n) is 13.5. The normalized spacial score (nSPS) is 17.8. The lowest BCUT2D eigenvalue weighted by atomic mass is 10.2. The molecule has 1 amide bonds. The van der Waals surface area contributed by atoms with Crippen molar-refractivity contribution in [1.29, 1.82) is 0 Å². The molecule has 1 N–H and O–H groups in total. The smallest absolute Gasteiger partial charge is 0.328 e. The van der Waals surface area contributed by atoms with Gasteiger partial charge in [-0.05, 0) is 26.0 Å². The Bertz CT molecular complexity index is 769. The van der Waals surface area contributed by atoms with Crippen LogP contribution in [0.15, 0.2) is 24.3 Å². The van der Waals surface area contributed by atoms with Gasteiger partial charge in [0.15, 0.2) is 11.7 Å². The SMILES string of the molecule is Cc1ccc(-n2nnc(C(=O)N3CCOC[C@H]3C(=O)O)c2C)cc1. The summed E-state index contributed by atoms with van der Waals surface area (Å²) in [6, 6.07) is 6.66. The number of carbonyl (C=O) groups is 2. The summed E-state index contributed by atoms with van der Waals surface area (Å²) in [5.41, 5.74) is 2.63. The van der Waals surface area contributed by atoms with Gasteiger partial charge in [-0.3, -0.25) is 4.79 Å². The molecule has 0 aliphatic carbocycles. The number of aryl methyl sites for hydroxylation is 1. The van der Waals surface area contributed by atoms with Crippen molar-refractivity contribution in [3.63, 3.8) is 0 Å². The number of aliphatic carboxylic acids is 1. The highest BCUT2D eigenvalue weighted by Gasteiger charge is 2.35. The first-order chi connectivity index (χ1) is 11.5. The van der Waals surface area contributed by atoms with Crippen molar-refractivity contribution >= 4 is 11.9 Å². The minimum Gasteiger partial charge on any atom is -0.480 e. The lowest BCUT2D eigenvalue weighted by Crippen LogP contribution is -2.52. The topological polar surface area (TPSA) is 97.5 Å². The number of nitrogens with zero attached hydrogens (tertiary/aromatic N) is 4. The fourth-order valence-electron chi connectivity index (χ4n) is 2.65. The van der Waals surface area contributed by atoms with Gasteiger partial charge in [0, 0.05) is 6.54 Å². The zero-order valence-corrected chi connectivity index (χ0v) is 13.5. The molecule has 0 bridgehead atoms. The van der Waals surface area contributed by atoms with E-state index in [1.807, 2.05) is 31.2 Å². The zero-order chi connectivity index (χ0) is 17.3. The largest absolute Gasteiger partial charge is 0.480 e. The second-order valence-corrected chi connectivity index (χ2v) is 5.70. The van der Waals surface area contributed by atoms with Gasteiger partial charge < -0.3 is 14.7 Å². The number of carbonyl (C=O) groups excluding carboxylic acids is 1. The van der Waals surface area contributed by atoms with E-state index in [-0.39, 0.29) is 18.8 Å². The van der Waals surface area contributed by atoms with Gasteiger partial charge in [-0.2, -0.15) is 0 Å². The van der Waals surface area contributed by atoms with Gasteiger partial charge in [0.05, 0.1) is 24.6 Å². The molecule has 8 heteroatoms. The van der Waals surface area contributed by atoms with Crippen LogP contribution in [0.3, 0.4) is 0 Å². The average Bonchev–Trinajstić information content (AvgIpc) is 2.96. The number of carboxylic acids is 1. The molecular formula is C16H18N4O4. The Balaban J connectivity index is 1.91. The number of ether oxygens (including phenoxy) is 1. The standard InChI is InChI=1S/C16H18N4O4/c1-10-3-5-12(6-4-10)20-11(2)14(17-18-20)15(21)19-7-8-24-9-13(19)16(22)23/h3-6,13H,7-9H2,1-2H3,(H,22,23)/t13-/m0/s1. The second-order valence-electron chi connectivity index (χ2n) is 5.70. The predicted octanol–water partition coefficient (Wildman–Crippen LogP) is 0.810. The van der Waals surface area contributed by atoms with Crippen molar-refractivity contribution in [2.45, 2.75) is 19.9 Å². The molecule has 1 aliphatic heterocycles. The van der Waals surface area contributed by atoms with Crippen molar-refractivity contribution in [2.75, 3.05) is 19.8 Å². The van der Waals surface area contributed by atoms with Crippen LogP contribution in [0.2, 0.25) is 0 Å². The van der Waals surface area contributed by atoms with Crippen LogP contribution in [0.5, 0.6) is 0 Å². The van der Waals surface area contributed by atoms with Crippen LogP contribution in [0.25, 0.3) is 5.69 Å². The van der Waals surface area contributed by atoms with Crippen molar-refractivity contribution < 1.29 is 19.4 Å². The molecule has 0 unspecified atom stereocenters. The Hall–Kier alpha value is -2.74. The number of morpholine rings is 1. The summed E-state index contributed by atoms with van der Waals surface area (Å²) in [6.07, 6.45) is 0. The van der Waals surface area contributed by atoms with Gasteiger partial charge in [-0.25, -0.2) is 9.48 Å². The van der Waals surface area contributed by atoms with E-state index >= 15 is 0 Å². The van der Waals surface area contributed by atoms with Gasteiger partial charge in [-0.15, -0.1) is 5.10 Å². The predicted molar refractivity (Wildman–Crippen MR) is 84.1 cm³/mol. The van der Waals surface area contributed by atoms with E-state index in [2.05, 4.69) is 10.3 Å². The minimum atomic E-state index is -1.09. The highest BCUT2D eigenvalue weighted by molar-refractivity contribution is 5.96. The number of hydrogen-bond acceptors (Lipinski definition) is 5. The lowest BCUT2D eigenvalue weighted by Gasteiger charge is -2.32. The van der Waals surface area contributed by atoms with Crippen LogP contribution >= 0.6 is 0 Å². The van der Waals surface area contributed by atoms with Crippen LogP contribution in [0.4, 0.5) is 0 Å². The van der Waals surface area contributed by atoms with Crippen LogP contribution in [-0.4, -0.2) is 62.7 Å². The highest BCUT2D eigenvalue weighted by atomic mass is 16.5. The van der Waals surface area contributed by atoms with E-state index < -0.39 is 17.9 Å². The molecule has 126 valence electrons. The Morgan fingerprint density at radius 1 is 1.25 bits per heavy atom. The van der Waals surface area contributed by atoms with E-state index in [1.54, 1.807) is 11.6 Å². The number of rotatable bonds is 3. The Labute approximate surface area is 138 Å². The summed E-state index contributed by atoms with van der Waals surface area (Å²) in [5.74, 6) is -1.53. The molecule has 3 rings (SSSR count). The number of carboxylic acid groups (broad SMARTS) is 1. The van der Waals surface area contributed by atoms with Crippen LogP contribution in [-0.2, 0) is 9.53 Å². The molecular weight excluding hydrogens is 312 g/mol. The minimum absolute atomic E-state index is 0.0216. The third-order valence-electron chi connectivity index (χ3n) is 4.05. The molecule has 2 aromatic rings. The first kappa shape index (κ1) is 16.1. The van der Waals surface area contributed by atoms with E-state index in [9.17, 15) is 14.7 Å². The molecule has 0 radical (unpaired) electrons. The molecule has 1 aliphatic rings.